The molecule has 2 amide bonds. The van der Waals surface area contributed by atoms with Gasteiger partial charge in [-0.05, 0) is 68.1 Å². The van der Waals surface area contributed by atoms with Crippen LogP contribution < -0.4 is 10.1 Å². The summed E-state index contributed by atoms with van der Waals surface area (Å²) in [7, 11) is 0. The van der Waals surface area contributed by atoms with Crippen LogP contribution in [0.4, 0.5) is 0 Å². The van der Waals surface area contributed by atoms with Crippen LogP contribution in [0.2, 0.25) is 0 Å². The van der Waals surface area contributed by atoms with Crippen LogP contribution in [0.5, 0.6) is 5.75 Å². The number of nitrogens with one attached hydrogen (secondary N) is 1. The van der Waals surface area contributed by atoms with Gasteiger partial charge in [-0.1, -0.05) is 41.1 Å². The van der Waals surface area contributed by atoms with Gasteiger partial charge in [0.25, 0.3) is 5.91 Å². The van der Waals surface area contributed by atoms with Crippen molar-refractivity contribution < 1.29 is 14.3 Å². The molecule has 1 N–H and O–H groups in total. The number of nitrogens with zero attached hydrogens (tertiary/aromatic N) is 1. The van der Waals surface area contributed by atoms with Gasteiger partial charge in [0.05, 0.1) is 0 Å². The van der Waals surface area contributed by atoms with E-state index < -0.39 is 6.04 Å². The number of aryl methyl sites for hydroxylation is 2. The summed E-state index contributed by atoms with van der Waals surface area (Å²) >= 11 is 3.46. The van der Waals surface area contributed by atoms with Gasteiger partial charge >= 0.3 is 0 Å². The Hall–Kier alpha value is -2.34. The van der Waals surface area contributed by atoms with E-state index in [1.807, 2.05) is 63.2 Å². The molecule has 0 bridgehead atoms. The average Bonchev–Trinajstić information content (AvgIpc) is 2.70. The van der Waals surface area contributed by atoms with Crippen molar-refractivity contribution in [1.29, 1.82) is 0 Å². The molecular weight excluding hydrogens is 432 g/mol. The number of halogens is 1. The Balaban J connectivity index is 2.14. The summed E-state index contributed by atoms with van der Waals surface area (Å²) in [6, 6.07) is 12.9. The van der Waals surface area contributed by atoms with E-state index in [4.69, 9.17) is 4.74 Å². The maximum atomic E-state index is 13.0. The lowest BCUT2D eigenvalue weighted by atomic mass is 10.1. The van der Waals surface area contributed by atoms with E-state index in [1.165, 1.54) is 5.56 Å². The highest BCUT2D eigenvalue weighted by Gasteiger charge is 2.26. The number of ether oxygens (including phenoxy) is 1. The van der Waals surface area contributed by atoms with E-state index in [0.29, 0.717) is 18.8 Å². The molecule has 0 heterocycles. The van der Waals surface area contributed by atoms with Crippen LogP contribution in [-0.2, 0) is 16.1 Å². The van der Waals surface area contributed by atoms with Gasteiger partial charge in [-0.3, -0.25) is 9.59 Å². The van der Waals surface area contributed by atoms with Crippen molar-refractivity contribution in [2.75, 3.05) is 13.2 Å². The molecule has 0 aliphatic heterocycles. The molecule has 0 saturated carbocycles. The van der Waals surface area contributed by atoms with Gasteiger partial charge in [0.15, 0.2) is 6.61 Å². The van der Waals surface area contributed by atoms with Crippen molar-refractivity contribution in [3.63, 3.8) is 0 Å². The Kier molecular flexibility index (Phi) is 8.70. The second-order valence-electron chi connectivity index (χ2n) is 7.15. The molecule has 2 aromatic rings. The van der Waals surface area contributed by atoms with Gasteiger partial charge < -0.3 is 15.0 Å². The Labute approximate surface area is 181 Å². The number of carbonyl (C=O) groups excluding carboxylic acids is 2. The maximum Gasteiger partial charge on any atom is 0.261 e. The highest BCUT2D eigenvalue weighted by Crippen LogP contribution is 2.18. The van der Waals surface area contributed by atoms with Gasteiger partial charge in [-0.15, -0.1) is 0 Å². The summed E-state index contributed by atoms with van der Waals surface area (Å²) in [6.45, 7) is 8.56. The minimum absolute atomic E-state index is 0.123. The molecule has 0 aliphatic carbocycles. The second kappa shape index (κ2) is 11.0. The zero-order chi connectivity index (χ0) is 21.4. The molecule has 5 nitrogen and oxygen atoms in total. The number of benzene rings is 2. The van der Waals surface area contributed by atoms with E-state index >= 15 is 0 Å². The van der Waals surface area contributed by atoms with Crippen molar-refractivity contribution in [2.24, 2.45) is 0 Å². The fourth-order valence-corrected chi connectivity index (χ4v) is 3.29. The van der Waals surface area contributed by atoms with Crippen molar-refractivity contribution in [3.05, 3.63) is 63.6 Å². The Morgan fingerprint density at radius 1 is 1.14 bits per heavy atom. The molecule has 156 valence electrons. The molecule has 0 fully saturated rings. The fraction of sp³-hybridized carbons (Fsp3) is 0.391. The lowest BCUT2D eigenvalue weighted by molar-refractivity contribution is -0.142. The first-order valence-corrected chi connectivity index (χ1v) is 10.6. The average molecular weight is 461 g/mol. The second-order valence-corrected chi connectivity index (χ2v) is 8.07. The van der Waals surface area contributed by atoms with Crippen LogP contribution in [0.1, 0.15) is 37.0 Å². The standard InChI is InChI=1S/C23H29BrN2O3/c1-5-11-25-23(28)18(4)26(14-19-7-6-8-20(24)13-19)22(27)15-29-21-10-9-16(2)17(3)12-21/h6-10,12-13,18H,5,11,14-15H2,1-4H3,(H,25,28)/t18-/m0/s1. The molecule has 0 aliphatic rings. The molecule has 1 atom stereocenters. The van der Waals surface area contributed by atoms with Crippen LogP contribution in [0, 0.1) is 13.8 Å². The smallest absolute Gasteiger partial charge is 0.261 e. The summed E-state index contributed by atoms with van der Waals surface area (Å²) in [5, 5.41) is 2.87. The summed E-state index contributed by atoms with van der Waals surface area (Å²) in [5.74, 6) is 0.246. The van der Waals surface area contributed by atoms with Gasteiger partial charge in [-0.2, -0.15) is 0 Å². The molecular formula is C23H29BrN2O3. The van der Waals surface area contributed by atoms with Crippen molar-refractivity contribution in [3.8, 4) is 5.75 Å². The predicted octanol–water partition coefficient (Wildman–Crippen LogP) is 4.39. The van der Waals surface area contributed by atoms with Crippen LogP contribution >= 0.6 is 15.9 Å². The quantitative estimate of drug-likeness (QED) is 0.603. The number of carbonyl (C=O) groups is 2. The first-order valence-electron chi connectivity index (χ1n) is 9.83. The van der Waals surface area contributed by atoms with Crippen LogP contribution in [-0.4, -0.2) is 35.9 Å². The SMILES string of the molecule is CCCNC(=O)[C@H](C)N(Cc1cccc(Br)c1)C(=O)COc1ccc(C)c(C)c1. The van der Waals surface area contributed by atoms with Crippen molar-refractivity contribution >= 4 is 27.7 Å². The first kappa shape index (κ1) is 22.9. The lowest BCUT2D eigenvalue weighted by Gasteiger charge is -2.28. The summed E-state index contributed by atoms with van der Waals surface area (Å²) < 4.78 is 6.65. The minimum Gasteiger partial charge on any atom is -0.484 e. The topological polar surface area (TPSA) is 58.6 Å². The fourth-order valence-electron chi connectivity index (χ4n) is 2.84. The predicted molar refractivity (Wildman–Crippen MR) is 119 cm³/mol. The zero-order valence-corrected chi connectivity index (χ0v) is 19.1. The van der Waals surface area contributed by atoms with Crippen LogP contribution in [0.15, 0.2) is 46.9 Å². The van der Waals surface area contributed by atoms with E-state index in [9.17, 15) is 9.59 Å². The molecule has 0 spiro atoms. The third-order valence-electron chi connectivity index (χ3n) is 4.80. The molecule has 29 heavy (non-hydrogen) atoms. The molecule has 6 heteroatoms. The summed E-state index contributed by atoms with van der Waals surface area (Å²) in [5.41, 5.74) is 3.21. The Bertz CT molecular complexity index is 854. The highest BCUT2D eigenvalue weighted by molar-refractivity contribution is 9.10. The minimum atomic E-state index is -0.601. The molecule has 0 radical (unpaired) electrons. The van der Waals surface area contributed by atoms with Crippen molar-refractivity contribution in [2.45, 2.75) is 46.7 Å². The lowest BCUT2D eigenvalue weighted by Crippen LogP contribution is -2.49. The summed E-state index contributed by atoms with van der Waals surface area (Å²) in [6.07, 6.45) is 0.841. The van der Waals surface area contributed by atoms with Gasteiger partial charge in [-0.25, -0.2) is 0 Å². The Morgan fingerprint density at radius 3 is 2.55 bits per heavy atom. The Morgan fingerprint density at radius 2 is 1.90 bits per heavy atom. The third kappa shape index (κ3) is 6.89. The molecule has 0 unspecified atom stereocenters. The summed E-state index contributed by atoms with van der Waals surface area (Å²) in [4.78, 5) is 27.1. The largest absolute Gasteiger partial charge is 0.484 e. The highest BCUT2D eigenvalue weighted by atomic mass is 79.9. The van der Waals surface area contributed by atoms with E-state index in [-0.39, 0.29) is 18.4 Å². The zero-order valence-electron chi connectivity index (χ0n) is 17.5. The monoisotopic (exact) mass is 460 g/mol. The number of amides is 2. The van der Waals surface area contributed by atoms with E-state index in [1.54, 1.807) is 11.8 Å². The molecule has 0 aromatic heterocycles. The van der Waals surface area contributed by atoms with Crippen LogP contribution in [0.25, 0.3) is 0 Å². The molecule has 2 aromatic carbocycles. The van der Waals surface area contributed by atoms with E-state index in [2.05, 4.69) is 21.2 Å². The normalized spacial score (nSPS) is 11.6. The van der Waals surface area contributed by atoms with Crippen LogP contribution in [0.3, 0.4) is 0 Å². The van der Waals surface area contributed by atoms with E-state index in [0.717, 1.165) is 22.0 Å². The molecule has 0 saturated heterocycles. The number of rotatable bonds is 9. The van der Waals surface area contributed by atoms with Gasteiger partial charge in [0, 0.05) is 17.6 Å². The first-order chi connectivity index (χ1) is 13.8. The van der Waals surface area contributed by atoms with Gasteiger partial charge in [0.1, 0.15) is 11.8 Å². The molecule has 2 rings (SSSR count). The number of hydrogen-bond acceptors (Lipinski definition) is 3. The van der Waals surface area contributed by atoms with Crippen molar-refractivity contribution in [1.82, 2.24) is 10.2 Å². The maximum absolute atomic E-state index is 13.0. The third-order valence-corrected chi connectivity index (χ3v) is 5.29. The van der Waals surface area contributed by atoms with Gasteiger partial charge in [0.2, 0.25) is 5.91 Å². The number of hydrogen-bond donors (Lipinski definition) is 1.